The van der Waals surface area contributed by atoms with Crippen molar-refractivity contribution in [3.8, 4) is 0 Å². The van der Waals surface area contributed by atoms with Crippen molar-refractivity contribution in [3.63, 3.8) is 0 Å². The van der Waals surface area contributed by atoms with Gasteiger partial charge in [-0.15, -0.1) is 0 Å². The number of amides is 1. The number of nitrogens with zero attached hydrogens (tertiary/aromatic N) is 1. The second-order valence-corrected chi connectivity index (χ2v) is 4.14. The lowest BCUT2D eigenvalue weighted by atomic mass is 10.1. The molecular formula is C13H18N2O. The van der Waals surface area contributed by atoms with Crippen molar-refractivity contribution < 1.29 is 4.79 Å². The van der Waals surface area contributed by atoms with Crippen molar-refractivity contribution in [1.82, 2.24) is 4.90 Å². The molecule has 1 aromatic carbocycles. The van der Waals surface area contributed by atoms with Gasteiger partial charge in [-0.25, -0.2) is 0 Å². The molecule has 0 atom stereocenters. The van der Waals surface area contributed by atoms with Crippen LogP contribution >= 0.6 is 0 Å². The van der Waals surface area contributed by atoms with Gasteiger partial charge in [-0.1, -0.05) is 25.1 Å². The maximum atomic E-state index is 12.0. The lowest BCUT2D eigenvalue weighted by molar-refractivity contribution is -0.130. The van der Waals surface area contributed by atoms with E-state index in [0.717, 1.165) is 37.3 Å². The van der Waals surface area contributed by atoms with Gasteiger partial charge >= 0.3 is 0 Å². The minimum atomic E-state index is 0.246. The Bertz CT molecular complexity index is 376. The van der Waals surface area contributed by atoms with Crippen LogP contribution < -0.4 is 5.32 Å². The fourth-order valence-electron chi connectivity index (χ4n) is 2.08. The third kappa shape index (κ3) is 2.35. The molecular weight excluding hydrogens is 200 g/mol. The number of fused-ring (bicyclic) bond motifs is 1. The van der Waals surface area contributed by atoms with Gasteiger partial charge < -0.3 is 10.2 Å². The number of anilines is 1. The van der Waals surface area contributed by atoms with E-state index in [1.807, 2.05) is 29.2 Å². The highest BCUT2D eigenvalue weighted by Gasteiger charge is 2.17. The summed E-state index contributed by atoms with van der Waals surface area (Å²) in [5.74, 6) is 0.246. The second-order valence-electron chi connectivity index (χ2n) is 4.14. The van der Waals surface area contributed by atoms with E-state index in [1.165, 1.54) is 0 Å². The molecule has 1 aliphatic rings. The quantitative estimate of drug-likeness (QED) is 0.822. The summed E-state index contributed by atoms with van der Waals surface area (Å²) >= 11 is 0. The molecule has 0 bridgehead atoms. The van der Waals surface area contributed by atoms with Crippen LogP contribution in [0.5, 0.6) is 0 Å². The van der Waals surface area contributed by atoms with Crippen molar-refractivity contribution >= 4 is 11.6 Å². The first-order chi connectivity index (χ1) is 7.81. The summed E-state index contributed by atoms with van der Waals surface area (Å²) in [6, 6.07) is 8.05. The summed E-state index contributed by atoms with van der Waals surface area (Å²) in [6.45, 7) is 4.61. The highest BCUT2D eigenvalue weighted by Crippen LogP contribution is 2.18. The Labute approximate surface area is 96.5 Å². The zero-order valence-corrected chi connectivity index (χ0v) is 9.70. The number of rotatable bonds is 2. The van der Waals surface area contributed by atoms with Crippen molar-refractivity contribution in [1.29, 1.82) is 0 Å². The highest BCUT2D eigenvalue weighted by molar-refractivity contribution is 5.81. The predicted molar refractivity (Wildman–Crippen MR) is 65.5 cm³/mol. The summed E-state index contributed by atoms with van der Waals surface area (Å²) in [7, 11) is 0. The van der Waals surface area contributed by atoms with Crippen LogP contribution in [-0.4, -0.2) is 30.4 Å². The summed E-state index contributed by atoms with van der Waals surface area (Å²) in [5, 5.41) is 3.38. The number of carbonyl (C=O) groups excluding carboxylic acids is 1. The summed E-state index contributed by atoms with van der Waals surface area (Å²) < 4.78 is 0. The Hall–Kier alpha value is -1.51. The van der Waals surface area contributed by atoms with E-state index in [-0.39, 0.29) is 5.91 Å². The van der Waals surface area contributed by atoms with E-state index in [0.29, 0.717) is 6.42 Å². The van der Waals surface area contributed by atoms with E-state index in [2.05, 4.69) is 12.2 Å². The number of hydrogen-bond donors (Lipinski definition) is 1. The van der Waals surface area contributed by atoms with Gasteiger partial charge in [0.1, 0.15) is 0 Å². The molecule has 1 heterocycles. The first-order valence-corrected chi connectivity index (χ1v) is 5.91. The Balaban J connectivity index is 2.17. The Morgan fingerprint density at radius 1 is 1.38 bits per heavy atom. The van der Waals surface area contributed by atoms with Crippen LogP contribution in [0.3, 0.4) is 0 Å². The van der Waals surface area contributed by atoms with Crippen LogP contribution in [0.1, 0.15) is 18.9 Å². The molecule has 0 radical (unpaired) electrons. The van der Waals surface area contributed by atoms with Gasteiger partial charge in [0, 0.05) is 25.3 Å². The van der Waals surface area contributed by atoms with Gasteiger partial charge in [0.05, 0.1) is 6.42 Å². The van der Waals surface area contributed by atoms with Crippen LogP contribution in [0.4, 0.5) is 5.69 Å². The van der Waals surface area contributed by atoms with Crippen molar-refractivity contribution in [2.45, 2.75) is 19.8 Å². The molecule has 0 unspecified atom stereocenters. The topological polar surface area (TPSA) is 32.3 Å². The van der Waals surface area contributed by atoms with Crippen LogP contribution in [0.15, 0.2) is 24.3 Å². The fraction of sp³-hybridized carbons (Fsp3) is 0.462. The summed E-state index contributed by atoms with van der Waals surface area (Å²) in [5.41, 5.74) is 2.21. The molecule has 1 amide bonds. The molecule has 0 fully saturated rings. The van der Waals surface area contributed by atoms with Crippen LogP contribution in [-0.2, 0) is 11.2 Å². The Kier molecular flexibility index (Phi) is 3.44. The summed E-state index contributed by atoms with van der Waals surface area (Å²) in [4.78, 5) is 14.0. The van der Waals surface area contributed by atoms with Gasteiger partial charge in [-0.2, -0.15) is 0 Å². The molecule has 0 aliphatic carbocycles. The number of para-hydroxylation sites is 1. The molecule has 3 nitrogen and oxygen atoms in total. The number of benzene rings is 1. The SMILES string of the molecule is CCCN1CCNc2ccccc2CC1=O. The molecule has 2 rings (SSSR count). The minimum Gasteiger partial charge on any atom is -0.383 e. The third-order valence-corrected chi connectivity index (χ3v) is 2.90. The van der Waals surface area contributed by atoms with Gasteiger partial charge in [0.15, 0.2) is 0 Å². The Morgan fingerprint density at radius 2 is 2.19 bits per heavy atom. The third-order valence-electron chi connectivity index (χ3n) is 2.90. The largest absolute Gasteiger partial charge is 0.383 e. The molecule has 1 N–H and O–H groups in total. The van der Waals surface area contributed by atoms with Crippen LogP contribution in [0.25, 0.3) is 0 Å². The van der Waals surface area contributed by atoms with Gasteiger partial charge in [-0.3, -0.25) is 4.79 Å². The molecule has 0 saturated carbocycles. The van der Waals surface area contributed by atoms with E-state index in [4.69, 9.17) is 0 Å². The first-order valence-electron chi connectivity index (χ1n) is 5.91. The number of hydrogen-bond acceptors (Lipinski definition) is 2. The van der Waals surface area contributed by atoms with Gasteiger partial charge in [0.25, 0.3) is 0 Å². The van der Waals surface area contributed by atoms with Gasteiger partial charge in [-0.05, 0) is 18.1 Å². The van der Waals surface area contributed by atoms with Crippen molar-refractivity contribution in [2.75, 3.05) is 25.0 Å². The van der Waals surface area contributed by atoms with E-state index in [1.54, 1.807) is 0 Å². The van der Waals surface area contributed by atoms with Crippen molar-refractivity contribution in [2.24, 2.45) is 0 Å². The lowest BCUT2D eigenvalue weighted by Gasteiger charge is -2.26. The second kappa shape index (κ2) is 5.01. The van der Waals surface area contributed by atoms with Crippen LogP contribution in [0, 0.1) is 0 Å². The molecule has 1 aromatic rings. The van der Waals surface area contributed by atoms with E-state index < -0.39 is 0 Å². The molecule has 86 valence electrons. The van der Waals surface area contributed by atoms with E-state index in [9.17, 15) is 4.79 Å². The smallest absolute Gasteiger partial charge is 0.227 e. The monoisotopic (exact) mass is 218 g/mol. The van der Waals surface area contributed by atoms with E-state index >= 15 is 0 Å². The maximum Gasteiger partial charge on any atom is 0.227 e. The predicted octanol–water partition coefficient (Wildman–Crippen LogP) is 1.89. The summed E-state index contributed by atoms with van der Waals surface area (Å²) in [6.07, 6.45) is 1.54. The standard InChI is InChI=1S/C13H18N2O/c1-2-8-15-9-7-14-12-6-4-3-5-11(12)10-13(15)16/h3-6,14H,2,7-10H2,1H3. The molecule has 0 saturated heterocycles. The average molecular weight is 218 g/mol. The first kappa shape index (κ1) is 11.0. The molecule has 1 aliphatic heterocycles. The molecule has 0 aromatic heterocycles. The zero-order valence-electron chi connectivity index (χ0n) is 9.70. The maximum absolute atomic E-state index is 12.0. The molecule has 3 heteroatoms. The average Bonchev–Trinajstić information content (AvgIpc) is 2.28. The minimum absolute atomic E-state index is 0.246. The molecule has 0 spiro atoms. The highest BCUT2D eigenvalue weighted by atomic mass is 16.2. The van der Waals surface area contributed by atoms with Crippen molar-refractivity contribution in [3.05, 3.63) is 29.8 Å². The molecule has 16 heavy (non-hydrogen) atoms. The Morgan fingerprint density at radius 3 is 3.00 bits per heavy atom. The number of nitrogens with one attached hydrogen (secondary N) is 1. The normalized spacial score (nSPS) is 16.1. The fourth-order valence-corrected chi connectivity index (χ4v) is 2.08. The lowest BCUT2D eigenvalue weighted by Crippen LogP contribution is -2.38. The zero-order chi connectivity index (χ0) is 11.4. The van der Waals surface area contributed by atoms with Gasteiger partial charge in [0.2, 0.25) is 5.91 Å². The number of carbonyl (C=O) groups is 1. The van der Waals surface area contributed by atoms with Crippen LogP contribution in [0.2, 0.25) is 0 Å².